The van der Waals surface area contributed by atoms with Crippen LogP contribution in [-0.4, -0.2) is 18.5 Å². The smallest absolute Gasteiger partial charge is 0.244 e. The molecule has 1 unspecified atom stereocenters. The molecule has 0 saturated heterocycles. The van der Waals surface area contributed by atoms with Gasteiger partial charge in [0.25, 0.3) is 0 Å². The Balaban J connectivity index is 3.90. The van der Waals surface area contributed by atoms with Crippen LogP contribution >= 0.6 is 0 Å². The lowest BCUT2D eigenvalue weighted by Gasteiger charge is -2.15. The van der Waals surface area contributed by atoms with E-state index in [-0.39, 0.29) is 0 Å². The summed E-state index contributed by atoms with van der Waals surface area (Å²) in [5.74, 6) is -4.46. The predicted octanol–water partition coefficient (Wildman–Crippen LogP) is 2.75. The molecule has 0 aromatic rings. The summed E-state index contributed by atoms with van der Waals surface area (Å²) in [6.45, 7) is -0.684. The van der Waals surface area contributed by atoms with Crippen LogP contribution in [0, 0.1) is 6.67 Å². The largest absolute Gasteiger partial charge is 0.310 e. The van der Waals surface area contributed by atoms with E-state index in [1.807, 2.05) is 0 Å². The molecule has 0 amide bonds. The molecule has 0 saturated carbocycles. The van der Waals surface area contributed by atoms with Gasteiger partial charge in [-0.1, -0.05) is 0 Å². The van der Waals surface area contributed by atoms with E-state index < -0.39 is 31.6 Å². The zero-order valence-electron chi connectivity index (χ0n) is 5.21. The Bertz CT molecular complexity index is 112. The van der Waals surface area contributed by atoms with Crippen molar-refractivity contribution in [2.45, 2.75) is 24.9 Å². The summed E-state index contributed by atoms with van der Waals surface area (Å²) in [7, 11) is 0. The van der Waals surface area contributed by atoms with Crippen LogP contribution in [0.25, 0.3) is 0 Å². The maximum Gasteiger partial charge on any atom is 0.310 e. The van der Waals surface area contributed by atoms with Gasteiger partial charge in [-0.15, -0.1) is 0 Å². The van der Waals surface area contributed by atoms with Crippen molar-refractivity contribution in [2.24, 2.45) is 0 Å². The van der Waals surface area contributed by atoms with Crippen molar-refractivity contribution in [2.75, 3.05) is 0 Å². The van der Waals surface area contributed by atoms with Gasteiger partial charge in [-0.25, -0.2) is 26.3 Å². The average Bonchev–Trinajstić information content (AvgIpc) is 1.86. The average molecular weight is 179 g/mol. The Morgan fingerprint density at radius 1 is 1.18 bits per heavy atom. The first kappa shape index (κ1) is 10.6. The van der Waals surface area contributed by atoms with E-state index in [0.717, 1.165) is 0 Å². The fraction of sp³-hybridized carbons (Fsp3) is 0.800. The highest BCUT2D eigenvalue weighted by molar-refractivity contribution is 4.77. The third-order valence-electron chi connectivity index (χ3n) is 0.923. The van der Waals surface area contributed by atoms with E-state index >= 15 is 0 Å². The second-order valence-electron chi connectivity index (χ2n) is 1.91. The first-order valence-electron chi connectivity index (χ1n) is 2.63. The molecule has 0 fully saturated rings. The van der Waals surface area contributed by atoms with Gasteiger partial charge in [0, 0.05) is 0 Å². The fourth-order valence-electron chi connectivity index (χ4n) is 0.394. The molecule has 0 aliphatic heterocycles. The van der Waals surface area contributed by atoms with Crippen molar-refractivity contribution in [1.29, 1.82) is 0 Å². The highest BCUT2D eigenvalue weighted by atomic mass is 19.3. The third-order valence-corrected chi connectivity index (χ3v) is 0.923. The lowest BCUT2D eigenvalue weighted by molar-refractivity contribution is -0.141. The van der Waals surface area contributed by atoms with Gasteiger partial charge in [-0.05, 0) is 0 Å². The summed E-state index contributed by atoms with van der Waals surface area (Å²) in [4.78, 5) is 0. The predicted molar refractivity (Wildman–Crippen MR) is 25.9 cm³/mol. The van der Waals surface area contributed by atoms with Crippen molar-refractivity contribution in [1.82, 2.24) is 0 Å². The van der Waals surface area contributed by atoms with Crippen molar-refractivity contribution in [3.8, 4) is 0 Å². The minimum Gasteiger partial charge on any atom is -0.244 e. The quantitative estimate of drug-likeness (QED) is 0.582. The molecule has 0 aliphatic rings. The topological polar surface area (TPSA) is 0 Å². The van der Waals surface area contributed by atoms with Gasteiger partial charge < -0.3 is 0 Å². The zero-order valence-corrected chi connectivity index (χ0v) is 5.21. The molecule has 0 heterocycles. The Kier molecular flexibility index (Phi) is 3.68. The first-order chi connectivity index (χ1) is 4.90. The maximum atomic E-state index is 11.8. The molecule has 0 N–H and O–H groups in total. The number of halogens is 6. The standard InChI is InChI=1S/C5H5F6/c6-2-3(7)1-5(10,11)4(8)9/h2-4H,1H2. The molecule has 1 atom stereocenters. The minimum absolute atomic E-state index is 0.684. The second-order valence-corrected chi connectivity index (χ2v) is 1.91. The van der Waals surface area contributed by atoms with E-state index in [9.17, 15) is 26.3 Å². The van der Waals surface area contributed by atoms with Crippen LogP contribution in [0.3, 0.4) is 0 Å². The van der Waals surface area contributed by atoms with Crippen LogP contribution in [-0.2, 0) is 0 Å². The first-order valence-corrected chi connectivity index (χ1v) is 2.63. The Hall–Kier alpha value is -0.420. The Morgan fingerprint density at radius 3 is 1.91 bits per heavy atom. The summed E-state index contributed by atoms with van der Waals surface area (Å²) < 4.78 is 69.0. The molecule has 0 aliphatic carbocycles. The highest BCUT2D eigenvalue weighted by Gasteiger charge is 2.42. The van der Waals surface area contributed by atoms with Gasteiger partial charge in [0.15, 0.2) is 6.67 Å². The molecule has 6 heteroatoms. The van der Waals surface area contributed by atoms with E-state index in [1.54, 1.807) is 0 Å². The van der Waals surface area contributed by atoms with Gasteiger partial charge in [0.05, 0.1) is 6.42 Å². The van der Waals surface area contributed by atoms with E-state index in [0.29, 0.717) is 0 Å². The lowest BCUT2D eigenvalue weighted by atomic mass is 10.2. The summed E-state index contributed by atoms with van der Waals surface area (Å²) >= 11 is 0. The van der Waals surface area contributed by atoms with Crippen LogP contribution in [0.15, 0.2) is 0 Å². The number of hydrogen-bond acceptors (Lipinski definition) is 0. The van der Waals surface area contributed by atoms with Gasteiger partial charge in [-0.2, -0.15) is 0 Å². The third kappa shape index (κ3) is 3.48. The molecule has 11 heavy (non-hydrogen) atoms. The number of alkyl halides is 5. The highest BCUT2D eigenvalue weighted by Crippen LogP contribution is 2.29. The van der Waals surface area contributed by atoms with E-state index in [4.69, 9.17) is 0 Å². The van der Waals surface area contributed by atoms with Crippen molar-refractivity contribution in [3.05, 3.63) is 6.67 Å². The maximum absolute atomic E-state index is 11.8. The van der Waals surface area contributed by atoms with Crippen LogP contribution in [0.5, 0.6) is 0 Å². The summed E-state index contributed by atoms with van der Waals surface area (Å²) in [6.07, 6.45) is -8.42. The van der Waals surface area contributed by atoms with Crippen LogP contribution in [0.2, 0.25) is 0 Å². The minimum atomic E-state index is -4.46. The molecule has 0 aromatic heterocycles. The second kappa shape index (κ2) is 3.82. The van der Waals surface area contributed by atoms with E-state index in [1.165, 1.54) is 0 Å². The molecular weight excluding hydrogens is 174 g/mol. The van der Waals surface area contributed by atoms with E-state index in [2.05, 4.69) is 0 Å². The van der Waals surface area contributed by atoms with Crippen LogP contribution in [0.1, 0.15) is 6.42 Å². The van der Waals surface area contributed by atoms with Crippen molar-refractivity contribution < 1.29 is 26.3 Å². The monoisotopic (exact) mass is 179 g/mol. The van der Waals surface area contributed by atoms with Gasteiger partial charge in [0.1, 0.15) is 6.17 Å². The van der Waals surface area contributed by atoms with Crippen molar-refractivity contribution in [3.63, 3.8) is 0 Å². The zero-order chi connectivity index (χ0) is 9.07. The number of rotatable bonds is 4. The molecule has 0 nitrogen and oxygen atoms in total. The molecule has 0 spiro atoms. The van der Waals surface area contributed by atoms with Gasteiger partial charge >= 0.3 is 12.3 Å². The molecule has 0 rings (SSSR count). The molecule has 0 aromatic carbocycles. The Labute approximate surface area is 59.2 Å². The SMILES string of the molecule is F[CH]C(F)CC(F)(F)C(F)F. The van der Waals surface area contributed by atoms with Gasteiger partial charge in [-0.3, -0.25) is 0 Å². The Morgan fingerprint density at radius 2 is 1.64 bits per heavy atom. The summed E-state index contributed by atoms with van der Waals surface area (Å²) in [6, 6.07) is 0. The summed E-state index contributed by atoms with van der Waals surface area (Å²) in [5.41, 5.74) is 0. The number of hydrogen-bond donors (Lipinski definition) is 0. The summed E-state index contributed by atoms with van der Waals surface area (Å²) in [5, 5.41) is 0. The van der Waals surface area contributed by atoms with Gasteiger partial charge in [0.2, 0.25) is 0 Å². The van der Waals surface area contributed by atoms with Crippen LogP contribution < -0.4 is 0 Å². The van der Waals surface area contributed by atoms with Crippen LogP contribution in [0.4, 0.5) is 26.3 Å². The van der Waals surface area contributed by atoms with Crippen molar-refractivity contribution >= 4 is 0 Å². The lowest BCUT2D eigenvalue weighted by Crippen LogP contribution is -2.29. The fourth-order valence-corrected chi connectivity index (χ4v) is 0.394. The molecule has 0 bridgehead atoms. The molecule has 67 valence electrons. The normalized spacial score (nSPS) is 15.5. The molecular formula is C5H5F6. The molecule has 1 radical (unpaired) electrons.